The molecule has 0 fully saturated rings. The Bertz CT molecular complexity index is 1690. The van der Waals surface area contributed by atoms with Gasteiger partial charge in [0.15, 0.2) is 6.10 Å². The zero-order valence-corrected chi connectivity index (χ0v) is 65.3. The summed E-state index contributed by atoms with van der Waals surface area (Å²) in [6.45, 7) is 4.51. The molecule has 0 aromatic heterocycles. The number of hydrogen-bond acceptors (Lipinski definition) is 7. The van der Waals surface area contributed by atoms with Gasteiger partial charge in [0.1, 0.15) is 19.8 Å². The van der Waals surface area contributed by atoms with Crippen LogP contribution in [0, 0.1) is 0 Å². The lowest BCUT2D eigenvalue weighted by atomic mass is 10.0. The van der Waals surface area contributed by atoms with E-state index in [4.69, 9.17) is 18.5 Å². The van der Waals surface area contributed by atoms with Gasteiger partial charge in [-0.15, -0.1) is 0 Å². The van der Waals surface area contributed by atoms with Crippen molar-refractivity contribution in [3.05, 3.63) is 36.5 Å². The van der Waals surface area contributed by atoms with E-state index < -0.39 is 26.5 Å². The Morgan fingerprint density at radius 1 is 0.326 bits per heavy atom. The minimum Gasteiger partial charge on any atom is -0.462 e. The number of phosphoric acid groups is 1. The van der Waals surface area contributed by atoms with Gasteiger partial charge in [-0.1, -0.05) is 416 Å². The molecule has 0 aromatic rings. The highest BCUT2D eigenvalue weighted by atomic mass is 31.2. The maximum absolute atomic E-state index is 12.9. The molecule has 0 bridgehead atoms. The van der Waals surface area contributed by atoms with Gasteiger partial charge in [-0.2, -0.15) is 0 Å². The molecule has 562 valence electrons. The first-order valence-corrected chi connectivity index (χ1v) is 43.7. The molecule has 0 amide bonds. The summed E-state index contributed by atoms with van der Waals surface area (Å²) in [5.41, 5.74) is 0. The van der Waals surface area contributed by atoms with Crippen LogP contribution in [-0.4, -0.2) is 74.9 Å². The zero-order chi connectivity index (χ0) is 69.0. The predicted octanol–water partition coefficient (Wildman–Crippen LogP) is 28.1. The van der Waals surface area contributed by atoms with Gasteiger partial charge in [0, 0.05) is 12.8 Å². The van der Waals surface area contributed by atoms with Crippen molar-refractivity contribution in [1.82, 2.24) is 0 Å². The number of hydrogen-bond donors (Lipinski definition) is 1. The van der Waals surface area contributed by atoms with E-state index in [0.29, 0.717) is 23.9 Å². The highest BCUT2D eigenvalue weighted by Gasteiger charge is 2.27. The summed E-state index contributed by atoms with van der Waals surface area (Å²) in [5.74, 6) is -0.768. The molecule has 0 aromatic carbocycles. The second-order valence-electron chi connectivity index (χ2n) is 30.2. The van der Waals surface area contributed by atoms with Crippen molar-refractivity contribution in [3.8, 4) is 0 Å². The van der Waals surface area contributed by atoms with Crippen LogP contribution < -0.4 is 0 Å². The third kappa shape index (κ3) is 81.1. The molecule has 0 spiro atoms. The summed E-state index contributed by atoms with van der Waals surface area (Å²) in [5, 5.41) is 0. The third-order valence-corrected chi connectivity index (χ3v) is 20.4. The summed E-state index contributed by atoms with van der Waals surface area (Å²) in [6.07, 6.45) is 100. The normalized spacial score (nSPS) is 13.1. The van der Waals surface area contributed by atoms with Gasteiger partial charge in [-0.25, -0.2) is 4.57 Å². The number of allylic oxidation sites excluding steroid dienone is 6. The van der Waals surface area contributed by atoms with E-state index in [1.807, 2.05) is 21.1 Å². The molecule has 2 unspecified atom stereocenters. The lowest BCUT2D eigenvalue weighted by Crippen LogP contribution is -2.37. The maximum Gasteiger partial charge on any atom is 0.472 e. The Labute approximate surface area is 592 Å². The molecule has 0 aliphatic rings. The highest BCUT2D eigenvalue weighted by molar-refractivity contribution is 7.47. The topological polar surface area (TPSA) is 108 Å². The monoisotopic (exact) mass is 1360 g/mol. The summed E-state index contributed by atoms with van der Waals surface area (Å²) < 4.78 is 34.9. The van der Waals surface area contributed by atoms with Gasteiger partial charge < -0.3 is 18.9 Å². The third-order valence-electron chi connectivity index (χ3n) is 19.4. The Hall–Kier alpha value is -1.77. The lowest BCUT2D eigenvalue weighted by Gasteiger charge is -2.24. The Kier molecular flexibility index (Phi) is 75.0. The number of ether oxygens (including phenoxy) is 2. The zero-order valence-electron chi connectivity index (χ0n) is 64.4. The number of nitrogens with zero attached hydrogens (tertiary/aromatic N) is 1. The van der Waals surface area contributed by atoms with Crippen molar-refractivity contribution in [2.45, 2.75) is 450 Å². The number of likely N-dealkylation sites (N-methyl/N-ethyl adjacent to an activating group) is 1. The fraction of sp³-hybridized carbons (Fsp3) is 0.906. The molecule has 1 N–H and O–H groups in total. The van der Waals surface area contributed by atoms with Crippen LogP contribution in [0.1, 0.15) is 444 Å². The first-order chi connectivity index (χ1) is 46.5. The number of rotatable bonds is 80. The molecule has 0 saturated carbocycles. The number of unbranched alkanes of at least 4 members (excludes halogenated alkanes) is 60. The second kappa shape index (κ2) is 76.4. The quantitative estimate of drug-likeness (QED) is 0.0211. The molecule has 0 aliphatic heterocycles. The van der Waals surface area contributed by atoms with Crippen molar-refractivity contribution in [1.29, 1.82) is 0 Å². The van der Waals surface area contributed by atoms with Crippen molar-refractivity contribution < 1.29 is 42.1 Å². The van der Waals surface area contributed by atoms with E-state index in [1.54, 1.807) is 0 Å². The molecule has 0 radical (unpaired) electrons. The largest absolute Gasteiger partial charge is 0.472 e. The molecule has 2 atom stereocenters. The summed E-state index contributed by atoms with van der Waals surface area (Å²) in [6, 6.07) is 0. The molecule has 0 rings (SSSR count). The number of esters is 2. The van der Waals surface area contributed by atoms with Crippen molar-refractivity contribution in [2.24, 2.45) is 0 Å². The van der Waals surface area contributed by atoms with E-state index in [9.17, 15) is 19.0 Å². The average Bonchev–Trinajstić information content (AvgIpc) is 2.18. The molecule has 0 heterocycles. The van der Waals surface area contributed by atoms with Crippen LogP contribution in [0.25, 0.3) is 0 Å². The molecular weight excluding hydrogens is 1190 g/mol. The van der Waals surface area contributed by atoms with Gasteiger partial charge in [0.05, 0.1) is 27.7 Å². The summed E-state index contributed by atoms with van der Waals surface area (Å²) in [7, 11) is 1.51. The van der Waals surface area contributed by atoms with Gasteiger partial charge >= 0.3 is 19.8 Å². The van der Waals surface area contributed by atoms with Crippen LogP contribution in [0.2, 0.25) is 0 Å². The van der Waals surface area contributed by atoms with Crippen LogP contribution in [0.15, 0.2) is 36.5 Å². The first-order valence-electron chi connectivity index (χ1n) is 42.2. The first kappa shape index (κ1) is 93.2. The van der Waals surface area contributed by atoms with E-state index in [1.165, 1.54) is 366 Å². The van der Waals surface area contributed by atoms with Crippen LogP contribution >= 0.6 is 7.82 Å². The van der Waals surface area contributed by atoms with E-state index in [-0.39, 0.29) is 25.6 Å². The highest BCUT2D eigenvalue weighted by Crippen LogP contribution is 2.43. The molecule has 9 nitrogen and oxygen atoms in total. The van der Waals surface area contributed by atoms with E-state index >= 15 is 0 Å². The fourth-order valence-electron chi connectivity index (χ4n) is 13.0. The molecule has 0 saturated heterocycles. The Morgan fingerprint density at radius 2 is 0.568 bits per heavy atom. The summed E-state index contributed by atoms with van der Waals surface area (Å²) >= 11 is 0. The Balaban J connectivity index is 3.87. The van der Waals surface area contributed by atoms with Gasteiger partial charge in [-0.05, 0) is 51.4 Å². The molecular formula is C85H165NO8P+. The lowest BCUT2D eigenvalue weighted by molar-refractivity contribution is -0.870. The standard InChI is InChI=1S/C85H164NO8P/c1-6-8-10-12-14-16-18-20-22-24-26-28-30-32-34-36-38-40-41-42-43-44-45-46-48-50-52-54-56-58-60-62-64-66-68-70-72-74-76-78-85(88)94-83(82-93-95(89,90)92-80-79-86(3,4)5)81-91-84(87)77-75-73-71-69-67-65-63-61-59-57-55-53-51-49-47-39-37-35-33-31-29-27-25-23-21-19-17-15-13-11-9-7-2/h18,20,24,26,30,32,83H,6-17,19,21-23,25,27-29,31,33-82H2,1-5H3/p+1/b20-18-,26-24-,32-30-. The smallest absolute Gasteiger partial charge is 0.462 e. The van der Waals surface area contributed by atoms with Crippen LogP contribution in [0.5, 0.6) is 0 Å². The van der Waals surface area contributed by atoms with Crippen LogP contribution in [-0.2, 0) is 32.7 Å². The van der Waals surface area contributed by atoms with Gasteiger partial charge in [0.25, 0.3) is 0 Å². The van der Waals surface area contributed by atoms with Crippen molar-refractivity contribution in [2.75, 3.05) is 47.5 Å². The maximum atomic E-state index is 12.9. The molecule has 95 heavy (non-hydrogen) atoms. The van der Waals surface area contributed by atoms with Gasteiger partial charge in [-0.3, -0.25) is 18.6 Å². The van der Waals surface area contributed by atoms with Crippen LogP contribution in [0.3, 0.4) is 0 Å². The number of carbonyl (C=O) groups is 2. The minimum atomic E-state index is -4.39. The SMILES string of the molecule is CCCCCCC/C=C\C/C=C\C/C=C\CCCCCCCCCCCCCCCCCCCCCCCCCCC(=O)OC(COC(=O)CCCCCCCCCCCCCCCCCCCCCCCCCCCCCCCCCC)COP(=O)(O)OCC[N+](C)(C)C. The number of phosphoric ester groups is 1. The minimum absolute atomic E-state index is 0.0359. The molecule has 0 aliphatic carbocycles. The Morgan fingerprint density at radius 3 is 0.842 bits per heavy atom. The van der Waals surface area contributed by atoms with Crippen molar-refractivity contribution in [3.63, 3.8) is 0 Å². The molecule has 10 heteroatoms. The number of quaternary nitrogens is 1. The van der Waals surface area contributed by atoms with E-state index in [2.05, 4.69) is 50.3 Å². The van der Waals surface area contributed by atoms with E-state index in [0.717, 1.165) is 44.9 Å². The van der Waals surface area contributed by atoms with Crippen LogP contribution in [0.4, 0.5) is 0 Å². The van der Waals surface area contributed by atoms with Crippen molar-refractivity contribution >= 4 is 19.8 Å². The number of carbonyl (C=O) groups excluding carboxylic acids is 2. The average molecular weight is 1360 g/mol. The predicted molar refractivity (Wildman–Crippen MR) is 414 cm³/mol. The summed E-state index contributed by atoms with van der Waals surface area (Å²) in [4.78, 5) is 36.0. The second-order valence-corrected chi connectivity index (χ2v) is 31.7. The van der Waals surface area contributed by atoms with Gasteiger partial charge in [0.2, 0.25) is 0 Å². The fourth-order valence-corrected chi connectivity index (χ4v) is 13.7.